The number of aromatic carboxylic acids is 1. The molecule has 0 aromatic heterocycles. The summed E-state index contributed by atoms with van der Waals surface area (Å²) in [5.74, 6) is -0.332. The van der Waals surface area contributed by atoms with Crippen LogP contribution in [0.2, 0.25) is 0 Å². The van der Waals surface area contributed by atoms with Crippen LogP contribution < -0.4 is 4.74 Å². The third-order valence-electron chi connectivity index (χ3n) is 1.54. The molecule has 0 unspecified atom stereocenters. The van der Waals surface area contributed by atoms with E-state index in [1.54, 1.807) is 18.2 Å². The lowest BCUT2D eigenvalue weighted by Gasteiger charge is -2.02. The van der Waals surface area contributed by atoms with Crippen LogP contribution in [0.25, 0.3) is 0 Å². The summed E-state index contributed by atoms with van der Waals surface area (Å²) in [4.78, 5) is 10.5. The predicted octanol–water partition coefficient (Wildman–Crippen LogP) is 2.52. The lowest BCUT2D eigenvalue weighted by atomic mass is 10.2. The highest BCUT2D eigenvalue weighted by Gasteiger charge is 2.01. The first-order valence-corrected chi connectivity index (χ1v) is 4.39. The van der Waals surface area contributed by atoms with Gasteiger partial charge in [0.25, 0.3) is 0 Å². The molecule has 74 valence electrons. The van der Waals surface area contributed by atoms with E-state index >= 15 is 0 Å². The number of ether oxygens (including phenoxy) is 1. The van der Waals surface area contributed by atoms with Crippen LogP contribution in [0.15, 0.2) is 35.9 Å². The molecule has 0 radical (unpaired) electrons. The molecule has 0 aliphatic carbocycles. The summed E-state index contributed by atoms with van der Waals surface area (Å²) in [5.41, 5.74) is 1.61. The molecule has 0 saturated heterocycles. The summed E-state index contributed by atoms with van der Waals surface area (Å²) >= 11 is 5.30. The Hall–Kier alpha value is -1.48. The van der Waals surface area contributed by atoms with E-state index in [1.807, 2.05) is 0 Å². The van der Waals surface area contributed by atoms with Crippen molar-refractivity contribution in [2.75, 3.05) is 6.61 Å². The molecule has 0 bridgehead atoms. The lowest BCUT2D eigenvalue weighted by molar-refractivity contribution is 0.0697. The quantitative estimate of drug-likeness (QED) is 0.834. The molecule has 1 rings (SSSR count). The number of hydrogen-bond donors (Lipinski definition) is 1. The molecule has 0 spiro atoms. The van der Waals surface area contributed by atoms with Crippen molar-refractivity contribution in [3.63, 3.8) is 0 Å². The number of benzene rings is 1. The van der Waals surface area contributed by atoms with Gasteiger partial charge in [-0.3, -0.25) is 0 Å². The smallest absolute Gasteiger partial charge is 0.335 e. The van der Waals surface area contributed by atoms with Gasteiger partial charge in [-0.25, -0.2) is 4.79 Å². The van der Waals surface area contributed by atoms with Crippen molar-refractivity contribution in [1.82, 2.24) is 0 Å². The molecule has 0 fully saturated rings. The Morgan fingerprint density at radius 1 is 1.43 bits per heavy atom. The second-order valence-electron chi connectivity index (χ2n) is 2.50. The van der Waals surface area contributed by atoms with E-state index in [-0.39, 0.29) is 5.56 Å². The molecule has 3 nitrogen and oxygen atoms in total. The minimum absolute atomic E-state index is 0.241. The summed E-state index contributed by atoms with van der Waals surface area (Å²) in [7, 11) is 0. The normalized spacial score (nSPS) is 10.4. The molecule has 1 aromatic carbocycles. The van der Waals surface area contributed by atoms with Gasteiger partial charge in [-0.1, -0.05) is 11.6 Å². The molecule has 0 aliphatic rings. The first-order valence-electron chi connectivity index (χ1n) is 3.95. The van der Waals surface area contributed by atoms with Crippen molar-refractivity contribution in [3.8, 4) is 5.75 Å². The fourth-order valence-corrected chi connectivity index (χ4v) is 0.947. The highest BCUT2D eigenvalue weighted by Crippen LogP contribution is 2.11. The lowest BCUT2D eigenvalue weighted by Crippen LogP contribution is -1.97. The van der Waals surface area contributed by atoms with Crippen molar-refractivity contribution in [3.05, 3.63) is 41.4 Å². The molecule has 0 amide bonds. The van der Waals surface area contributed by atoms with Crippen molar-refractivity contribution in [2.45, 2.75) is 0 Å². The van der Waals surface area contributed by atoms with E-state index in [4.69, 9.17) is 21.4 Å². The zero-order valence-corrected chi connectivity index (χ0v) is 8.07. The van der Waals surface area contributed by atoms with E-state index in [0.29, 0.717) is 12.4 Å². The minimum atomic E-state index is -0.947. The van der Waals surface area contributed by atoms with E-state index in [9.17, 15) is 4.79 Å². The molecule has 4 heteroatoms. The Balaban J connectivity index is 2.59. The summed E-state index contributed by atoms with van der Waals surface area (Å²) in [6, 6.07) is 6.18. The van der Waals surface area contributed by atoms with Crippen LogP contribution in [0.1, 0.15) is 10.4 Å². The molecule has 0 aliphatic heterocycles. The van der Waals surface area contributed by atoms with Gasteiger partial charge in [0.2, 0.25) is 0 Å². The van der Waals surface area contributed by atoms with Gasteiger partial charge >= 0.3 is 5.97 Å². The van der Waals surface area contributed by atoms with Gasteiger partial charge in [0.1, 0.15) is 12.4 Å². The zero-order chi connectivity index (χ0) is 10.4. The number of carboxylic acid groups (broad SMARTS) is 1. The largest absolute Gasteiger partial charge is 0.490 e. The van der Waals surface area contributed by atoms with Gasteiger partial charge < -0.3 is 9.84 Å². The predicted molar refractivity (Wildman–Crippen MR) is 53.9 cm³/mol. The highest BCUT2D eigenvalue weighted by atomic mass is 35.5. The maximum Gasteiger partial charge on any atom is 0.335 e. The van der Waals surface area contributed by atoms with Crippen molar-refractivity contribution < 1.29 is 14.6 Å². The number of carboxylic acids is 1. The molecule has 1 aromatic rings. The molecular weight excluding hydrogens is 204 g/mol. The van der Waals surface area contributed by atoms with Gasteiger partial charge in [-0.15, -0.1) is 0 Å². The monoisotopic (exact) mass is 212 g/mol. The van der Waals surface area contributed by atoms with E-state index < -0.39 is 5.97 Å². The Morgan fingerprint density at radius 2 is 2.07 bits per heavy atom. The van der Waals surface area contributed by atoms with Crippen LogP contribution in [-0.4, -0.2) is 17.7 Å². The van der Waals surface area contributed by atoms with Gasteiger partial charge in [0, 0.05) is 5.54 Å². The summed E-state index contributed by atoms with van der Waals surface area (Å²) in [6.45, 7) is 0.371. The first-order chi connectivity index (χ1) is 6.74. The molecule has 0 saturated carbocycles. The number of hydrogen-bond acceptors (Lipinski definition) is 2. The standard InChI is InChI=1S/C10H9ClO3/c11-6-1-7-14-9-4-2-8(3-5-9)10(12)13/h1-6H,7H2,(H,12,13)/b6-1+. The van der Waals surface area contributed by atoms with Crippen LogP contribution in [0.5, 0.6) is 5.75 Å². The van der Waals surface area contributed by atoms with E-state index in [1.165, 1.54) is 17.7 Å². The number of halogens is 1. The van der Waals surface area contributed by atoms with Crippen LogP contribution in [0.4, 0.5) is 0 Å². The maximum atomic E-state index is 10.5. The average molecular weight is 213 g/mol. The van der Waals surface area contributed by atoms with Crippen molar-refractivity contribution in [2.24, 2.45) is 0 Å². The number of rotatable bonds is 4. The van der Waals surface area contributed by atoms with Crippen LogP contribution >= 0.6 is 11.6 Å². The summed E-state index contributed by atoms with van der Waals surface area (Å²) < 4.78 is 5.22. The Labute approximate surface area is 86.6 Å². The van der Waals surface area contributed by atoms with Gasteiger partial charge in [0.05, 0.1) is 5.56 Å². The molecular formula is C10H9ClO3. The van der Waals surface area contributed by atoms with E-state index in [2.05, 4.69) is 0 Å². The second-order valence-corrected chi connectivity index (χ2v) is 2.75. The average Bonchev–Trinajstić information content (AvgIpc) is 2.19. The topological polar surface area (TPSA) is 46.5 Å². The van der Waals surface area contributed by atoms with Crippen LogP contribution in [0, 0.1) is 0 Å². The summed E-state index contributed by atoms with van der Waals surface area (Å²) in [6.07, 6.45) is 1.65. The first kappa shape index (κ1) is 10.6. The second kappa shape index (κ2) is 5.29. The maximum absolute atomic E-state index is 10.5. The third-order valence-corrected chi connectivity index (χ3v) is 1.71. The van der Waals surface area contributed by atoms with Crippen LogP contribution in [-0.2, 0) is 0 Å². The van der Waals surface area contributed by atoms with Gasteiger partial charge in [0.15, 0.2) is 0 Å². The van der Waals surface area contributed by atoms with Crippen molar-refractivity contribution >= 4 is 17.6 Å². The van der Waals surface area contributed by atoms with Gasteiger partial charge in [-0.05, 0) is 30.3 Å². The Kier molecular flexibility index (Phi) is 4.01. The number of carbonyl (C=O) groups is 1. The van der Waals surface area contributed by atoms with Crippen LogP contribution in [0.3, 0.4) is 0 Å². The fraction of sp³-hybridized carbons (Fsp3) is 0.100. The molecule has 0 atom stereocenters. The molecule has 14 heavy (non-hydrogen) atoms. The fourth-order valence-electron chi connectivity index (χ4n) is 0.874. The minimum Gasteiger partial charge on any atom is -0.490 e. The third kappa shape index (κ3) is 3.11. The summed E-state index contributed by atoms with van der Waals surface area (Å²) in [5, 5.41) is 8.62. The van der Waals surface area contributed by atoms with E-state index in [0.717, 1.165) is 0 Å². The van der Waals surface area contributed by atoms with Crippen molar-refractivity contribution in [1.29, 1.82) is 0 Å². The zero-order valence-electron chi connectivity index (χ0n) is 7.31. The van der Waals surface area contributed by atoms with Gasteiger partial charge in [-0.2, -0.15) is 0 Å². The molecule has 0 heterocycles. The SMILES string of the molecule is O=C(O)c1ccc(OC/C=C/Cl)cc1. The Morgan fingerprint density at radius 3 is 2.57 bits per heavy atom. The molecule has 1 N–H and O–H groups in total. The highest BCUT2D eigenvalue weighted by molar-refractivity contribution is 6.25. The Bertz CT molecular complexity index is 330.